The summed E-state index contributed by atoms with van der Waals surface area (Å²) >= 11 is 0. The number of hydrogen-bond donors (Lipinski definition) is 1. The summed E-state index contributed by atoms with van der Waals surface area (Å²) in [7, 11) is 0. The monoisotopic (exact) mass is 206 g/mol. The molecule has 0 unspecified atom stereocenters. The minimum Gasteiger partial charge on any atom is -0.376 e. The van der Waals surface area contributed by atoms with Crippen LogP contribution in [-0.2, 0) is 0 Å². The summed E-state index contributed by atoms with van der Waals surface area (Å²) in [6.45, 7) is 4.36. The van der Waals surface area contributed by atoms with E-state index in [2.05, 4.69) is 6.58 Å². The van der Waals surface area contributed by atoms with E-state index in [9.17, 15) is 0 Å². The first-order chi connectivity index (χ1) is 4.36. The first-order valence-electron chi connectivity index (χ1n) is 2.78. The molecule has 0 spiro atoms. The third-order valence-corrected chi connectivity index (χ3v) is 1.23. The molecule has 1 aliphatic heterocycles. The number of aliphatic hydroxyl groups is 1. The van der Waals surface area contributed by atoms with Gasteiger partial charge in [-0.25, -0.2) is 0 Å². The van der Waals surface area contributed by atoms with Crippen molar-refractivity contribution in [1.29, 1.82) is 0 Å². The zero-order valence-corrected chi connectivity index (χ0v) is 7.32. The number of nitrogens with zero attached hydrogens (tertiary/aromatic N) is 2. The zero-order valence-electron chi connectivity index (χ0n) is 5.60. The topological polar surface area (TPSA) is 26.7 Å². The van der Waals surface area contributed by atoms with Crippen LogP contribution in [0.2, 0.25) is 0 Å². The van der Waals surface area contributed by atoms with Gasteiger partial charge in [0.1, 0.15) is 6.73 Å². The van der Waals surface area contributed by atoms with Crippen LogP contribution in [0.5, 0.6) is 0 Å². The average molecular weight is 207 g/mol. The second-order valence-corrected chi connectivity index (χ2v) is 1.87. The molecule has 0 aromatic carbocycles. The molecule has 1 heterocycles. The molecule has 1 rings (SSSR count). The van der Waals surface area contributed by atoms with Crippen molar-refractivity contribution in [1.82, 2.24) is 9.80 Å². The van der Waals surface area contributed by atoms with Crippen LogP contribution in [0.15, 0.2) is 25.2 Å². The smallest absolute Gasteiger partial charge is 0.116 e. The molecule has 0 saturated heterocycles. The number of rotatable bonds is 2. The Labute approximate surface area is 71.0 Å². The van der Waals surface area contributed by atoms with Gasteiger partial charge in [0.2, 0.25) is 0 Å². The van der Waals surface area contributed by atoms with Gasteiger partial charge < -0.3 is 14.9 Å². The van der Waals surface area contributed by atoms with E-state index >= 15 is 0 Å². The van der Waals surface area contributed by atoms with E-state index < -0.39 is 0 Å². The van der Waals surface area contributed by atoms with Crippen molar-refractivity contribution >= 4 is 17.0 Å². The van der Waals surface area contributed by atoms with Crippen molar-refractivity contribution in [2.75, 3.05) is 13.4 Å². The lowest BCUT2D eigenvalue weighted by Gasteiger charge is -2.14. The van der Waals surface area contributed by atoms with E-state index in [1.165, 1.54) is 0 Å². The number of halogens is 1. The highest BCUT2D eigenvalue weighted by atomic mass is 79.9. The first kappa shape index (κ1) is 9.52. The van der Waals surface area contributed by atoms with Crippen LogP contribution in [0, 0.1) is 0 Å². The minimum absolute atomic E-state index is 0. The predicted octanol–water partition coefficient (Wildman–Crippen LogP) is 0.704. The molecule has 10 heavy (non-hydrogen) atoms. The number of hydrogen-bond acceptors (Lipinski definition) is 3. The fourth-order valence-corrected chi connectivity index (χ4v) is 0.694. The van der Waals surface area contributed by atoms with Crippen molar-refractivity contribution in [3.63, 3.8) is 0 Å². The molecule has 0 saturated carbocycles. The molecule has 4 heteroatoms. The molecule has 0 atom stereocenters. The molecule has 0 radical (unpaired) electrons. The van der Waals surface area contributed by atoms with Gasteiger partial charge in [0.15, 0.2) is 0 Å². The minimum atomic E-state index is 0. The Morgan fingerprint density at radius 3 is 2.60 bits per heavy atom. The van der Waals surface area contributed by atoms with Gasteiger partial charge >= 0.3 is 0 Å². The third-order valence-electron chi connectivity index (χ3n) is 1.23. The molecule has 0 fully saturated rings. The molecule has 1 aliphatic rings. The van der Waals surface area contributed by atoms with Crippen molar-refractivity contribution in [2.45, 2.75) is 0 Å². The van der Waals surface area contributed by atoms with E-state index in [0.717, 1.165) is 0 Å². The molecular formula is C6H11BrN2O. The second kappa shape index (κ2) is 4.35. The Balaban J connectivity index is 0.000000810. The molecule has 0 amide bonds. The molecule has 0 aromatic heterocycles. The van der Waals surface area contributed by atoms with Crippen molar-refractivity contribution in [2.24, 2.45) is 0 Å². The van der Waals surface area contributed by atoms with Crippen molar-refractivity contribution in [3.8, 4) is 0 Å². The summed E-state index contributed by atoms with van der Waals surface area (Å²) in [5, 5.41) is 8.59. The molecule has 1 N–H and O–H groups in total. The van der Waals surface area contributed by atoms with Gasteiger partial charge in [-0.05, 0) is 6.20 Å². The Kier molecular flexibility index (Phi) is 4.14. The Bertz CT molecular complexity index is 138. The van der Waals surface area contributed by atoms with Gasteiger partial charge in [0, 0.05) is 12.4 Å². The van der Waals surface area contributed by atoms with Crippen molar-refractivity contribution < 1.29 is 5.11 Å². The van der Waals surface area contributed by atoms with Crippen molar-refractivity contribution in [3.05, 3.63) is 25.2 Å². The first-order valence-corrected chi connectivity index (χ1v) is 2.78. The van der Waals surface area contributed by atoms with Gasteiger partial charge in [-0.3, -0.25) is 0 Å². The second-order valence-electron chi connectivity index (χ2n) is 1.87. The summed E-state index contributed by atoms with van der Waals surface area (Å²) in [4.78, 5) is 3.65. The van der Waals surface area contributed by atoms with Crippen LogP contribution >= 0.6 is 17.0 Å². The SMILES string of the molecule is Br.C=CN1C=CN(CO)C1. The maximum atomic E-state index is 8.59. The summed E-state index contributed by atoms with van der Waals surface area (Å²) in [5.41, 5.74) is 0. The largest absolute Gasteiger partial charge is 0.376 e. The lowest BCUT2D eigenvalue weighted by molar-refractivity contribution is 0.139. The lowest BCUT2D eigenvalue weighted by atomic mass is 10.8. The quantitative estimate of drug-likeness (QED) is 0.722. The standard InChI is InChI=1S/C6H10N2O.BrH/c1-2-7-3-4-8(5-7)6-9;/h2-4,9H,1,5-6H2;1H. The average Bonchev–Trinajstić information content (AvgIpc) is 2.34. The van der Waals surface area contributed by atoms with Crippen LogP contribution in [-0.4, -0.2) is 28.3 Å². The third kappa shape index (κ3) is 2.04. The summed E-state index contributed by atoms with van der Waals surface area (Å²) in [5.74, 6) is 0. The van der Waals surface area contributed by atoms with Gasteiger partial charge in [-0.2, -0.15) is 0 Å². The summed E-state index contributed by atoms with van der Waals surface area (Å²) in [6.07, 6.45) is 5.40. The molecule has 3 nitrogen and oxygen atoms in total. The zero-order chi connectivity index (χ0) is 6.69. The van der Waals surface area contributed by atoms with Gasteiger partial charge in [0.25, 0.3) is 0 Å². The van der Waals surface area contributed by atoms with E-state index in [4.69, 9.17) is 5.11 Å². The lowest BCUT2D eigenvalue weighted by Crippen LogP contribution is -2.22. The Hall–Kier alpha value is -0.480. The normalized spacial score (nSPS) is 15.3. The highest BCUT2D eigenvalue weighted by Gasteiger charge is 2.05. The maximum absolute atomic E-state index is 8.59. The van der Waals surface area contributed by atoms with Crippen LogP contribution in [0.1, 0.15) is 0 Å². The van der Waals surface area contributed by atoms with Crippen LogP contribution < -0.4 is 0 Å². The van der Waals surface area contributed by atoms with E-state index in [0.29, 0.717) is 6.67 Å². The van der Waals surface area contributed by atoms with E-state index in [1.807, 2.05) is 17.3 Å². The molecule has 0 aromatic rings. The summed E-state index contributed by atoms with van der Waals surface area (Å²) in [6, 6.07) is 0. The highest BCUT2D eigenvalue weighted by molar-refractivity contribution is 8.93. The fraction of sp³-hybridized carbons (Fsp3) is 0.333. The Morgan fingerprint density at radius 2 is 2.30 bits per heavy atom. The maximum Gasteiger partial charge on any atom is 0.116 e. The molecular weight excluding hydrogens is 196 g/mol. The van der Waals surface area contributed by atoms with Gasteiger partial charge in [-0.1, -0.05) is 6.58 Å². The highest BCUT2D eigenvalue weighted by Crippen LogP contribution is 2.03. The van der Waals surface area contributed by atoms with E-state index in [-0.39, 0.29) is 23.7 Å². The van der Waals surface area contributed by atoms with Crippen LogP contribution in [0.4, 0.5) is 0 Å². The Morgan fingerprint density at radius 1 is 1.60 bits per heavy atom. The van der Waals surface area contributed by atoms with Gasteiger partial charge in [-0.15, -0.1) is 17.0 Å². The fourth-order valence-electron chi connectivity index (χ4n) is 0.694. The van der Waals surface area contributed by atoms with E-state index in [1.54, 1.807) is 11.1 Å². The van der Waals surface area contributed by atoms with Crippen LogP contribution in [0.3, 0.4) is 0 Å². The molecule has 58 valence electrons. The molecule has 0 aliphatic carbocycles. The molecule has 0 bridgehead atoms. The van der Waals surface area contributed by atoms with Gasteiger partial charge in [0.05, 0.1) is 6.67 Å². The number of aliphatic hydroxyl groups excluding tert-OH is 1. The predicted molar refractivity (Wildman–Crippen MR) is 45.3 cm³/mol. The van der Waals surface area contributed by atoms with Crippen LogP contribution in [0.25, 0.3) is 0 Å². The summed E-state index contributed by atoms with van der Waals surface area (Å²) < 4.78 is 0.